The van der Waals surface area contributed by atoms with Crippen molar-refractivity contribution in [1.29, 1.82) is 0 Å². The maximum Gasteiger partial charge on any atom is 0.264 e. The van der Waals surface area contributed by atoms with Crippen LogP contribution in [0.5, 0.6) is 0 Å². The molecule has 2 N–H and O–H groups in total. The lowest BCUT2D eigenvalue weighted by Gasteiger charge is -2.15. The molecule has 0 bridgehead atoms. The van der Waals surface area contributed by atoms with Crippen molar-refractivity contribution in [2.24, 2.45) is 0 Å². The summed E-state index contributed by atoms with van der Waals surface area (Å²) in [5, 5.41) is 5.45. The molecule has 3 rings (SSSR count). The van der Waals surface area contributed by atoms with Crippen LogP contribution in [0.25, 0.3) is 0 Å². The van der Waals surface area contributed by atoms with Crippen LogP contribution in [0.3, 0.4) is 0 Å². The standard InChI is InChI=1S/C22H22N4O5S/c1-15-9-10-17(13-20(15)22(28)25-18-7-5-11-23-14-18)24-21(27)16-6-4-8-19(12-16)32(29,30)26(2)31-3/h4-14H,1-3H3,(H,24,27)(H,25,28). The van der Waals surface area contributed by atoms with Crippen LogP contribution < -0.4 is 10.6 Å². The van der Waals surface area contributed by atoms with E-state index in [9.17, 15) is 18.0 Å². The summed E-state index contributed by atoms with van der Waals surface area (Å²) in [4.78, 5) is 34.0. The van der Waals surface area contributed by atoms with E-state index in [0.717, 1.165) is 5.56 Å². The average molecular weight is 455 g/mol. The monoisotopic (exact) mass is 454 g/mol. The van der Waals surface area contributed by atoms with E-state index >= 15 is 0 Å². The van der Waals surface area contributed by atoms with Gasteiger partial charge in [-0.1, -0.05) is 16.6 Å². The Labute approximate surface area is 186 Å². The van der Waals surface area contributed by atoms with E-state index in [2.05, 4.69) is 15.6 Å². The molecule has 166 valence electrons. The summed E-state index contributed by atoms with van der Waals surface area (Å²) < 4.78 is 25.6. The first kappa shape index (κ1) is 23.1. The van der Waals surface area contributed by atoms with Crippen LogP contribution in [0.15, 0.2) is 71.9 Å². The Bertz CT molecular complexity index is 1250. The number of hydroxylamine groups is 1. The summed E-state index contributed by atoms with van der Waals surface area (Å²) in [6, 6.07) is 13.9. The van der Waals surface area contributed by atoms with E-state index in [1.54, 1.807) is 43.5 Å². The van der Waals surface area contributed by atoms with E-state index in [-0.39, 0.29) is 16.4 Å². The van der Waals surface area contributed by atoms with Gasteiger partial charge >= 0.3 is 0 Å². The zero-order valence-electron chi connectivity index (χ0n) is 17.7. The molecule has 3 aromatic rings. The van der Waals surface area contributed by atoms with Crippen LogP contribution in [0.1, 0.15) is 26.3 Å². The number of pyridine rings is 1. The number of rotatable bonds is 7. The van der Waals surface area contributed by atoms with Gasteiger partial charge in [-0.05, 0) is 55.0 Å². The van der Waals surface area contributed by atoms with Gasteiger partial charge in [-0.15, -0.1) is 0 Å². The van der Waals surface area contributed by atoms with E-state index in [4.69, 9.17) is 4.84 Å². The smallest absolute Gasteiger partial charge is 0.264 e. The highest BCUT2D eigenvalue weighted by atomic mass is 32.2. The first-order valence-electron chi connectivity index (χ1n) is 9.49. The van der Waals surface area contributed by atoms with Crippen molar-refractivity contribution >= 4 is 33.2 Å². The maximum atomic E-state index is 12.7. The highest BCUT2D eigenvalue weighted by Gasteiger charge is 2.22. The topological polar surface area (TPSA) is 118 Å². The Balaban J connectivity index is 1.81. The quantitative estimate of drug-likeness (QED) is 0.530. The van der Waals surface area contributed by atoms with Gasteiger partial charge in [0, 0.05) is 30.1 Å². The van der Waals surface area contributed by atoms with Gasteiger partial charge in [0.2, 0.25) is 0 Å². The van der Waals surface area contributed by atoms with Crippen molar-refractivity contribution < 1.29 is 22.8 Å². The summed E-state index contributed by atoms with van der Waals surface area (Å²) in [7, 11) is -1.41. The van der Waals surface area contributed by atoms with Crippen LogP contribution in [0.2, 0.25) is 0 Å². The predicted octanol–water partition coefficient (Wildman–Crippen LogP) is 3.08. The normalized spacial score (nSPS) is 11.2. The van der Waals surface area contributed by atoms with E-state index in [0.29, 0.717) is 21.4 Å². The maximum absolute atomic E-state index is 12.7. The molecule has 1 aromatic heterocycles. The highest BCUT2D eigenvalue weighted by Crippen LogP contribution is 2.20. The Hall–Kier alpha value is -3.60. The first-order valence-corrected chi connectivity index (χ1v) is 10.9. The molecule has 0 aliphatic rings. The van der Waals surface area contributed by atoms with Crippen molar-refractivity contribution in [1.82, 2.24) is 9.45 Å². The van der Waals surface area contributed by atoms with Gasteiger partial charge in [-0.25, -0.2) is 8.42 Å². The number of hydrogen-bond acceptors (Lipinski definition) is 6. The molecule has 0 atom stereocenters. The minimum absolute atomic E-state index is 0.0880. The second kappa shape index (κ2) is 9.69. The highest BCUT2D eigenvalue weighted by molar-refractivity contribution is 7.89. The largest absolute Gasteiger partial charge is 0.322 e. The van der Waals surface area contributed by atoms with Crippen LogP contribution in [0, 0.1) is 6.92 Å². The molecule has 0 unspecified atom stereocenters. The summed E-state index contributed by atoms with van der Waals surface area (Å²) in [5.41, 5.74) is 2.17. The van der Waals surface area contributed by atoms with Crippen molar-refractivity contribution in [3.63, 3.8) is 0 Å². The fourth-order valence-electron chi connectivity index (χ4n) is 2.83. The summed E-state index contributed by atoms with van der Waals surface area (Å²) in [6.45, 7) is 1.78. The molecular formula is C22H22N4O5S. The van der Waals surface area contributed by atoms with Crippen molar-refractivity contribution in [2.45, 2.75) is 11.8 Å². The molecular weight excluding hydrogens is 432 g/mol. The van der Waals surface area contributed by atoms with Gasteiger partial charge in [-0.2, -0.15) is 0 Å². The molecule has 10 heteroatoms. The zero-order chi connectivity index (χ0) is 23.3. The van der Waals surface area contributed by atoms with E-state index in [1.165, 1.54) is 44.6 Å². The van der Waals surface area contributed by atoms with Gasteiger partial charge in [0.1, 0.15) is 0 Å². The van der Waals surface area contributed by atoms with Crippen LogP contribution in [0.4, 0.5) is 11.4 Å². The molecule has 0 fully saturated rings. The SMILES string of the molecule is CON(C)S(=O)(=O)c1cccc(C(=O)Nc2ccc(C)c(C(=O)Nc3cccnc3)c2)c1. The number of nitrogens with one attached hydrogen (secondary N) is 2. The summed E-state index contributed by atoms with van der Waals surface area (Å²) in [6.07, 6.45) is 3.13. The Morgan fingerprint density at radius 2 is 1.72 bits per heavy atom. The van der Waals surface area contributed by atoms with Crippen LogP contribution in [-0.2, 0) is 14.9 Å². The summed E-state index contributed by atoms with van der Waals surface area (Å²) >= 11 is 0. The van der Waals surface area contributed by atoms with Gasteiger partial charge in [0.05, 0.1) is 23.9 Å². The van der Waals surface area contributed by atoms with E-state index in [1.807, 2.05) is 0 Å². The number of aromatic nitrogens is 1. The molecule has 32 heavy (non-hydrogen) atoms. The molecule has 1 heterocycles. The van der Waals surface area contributed by atoms with Gasteiger partial charge in [0.15, 0.2) is 0 Å². The minimum Gasteiger partial charge on any atom is -0.322 e. The molecule has 0 saturated carbocycles. The van der Waals surface area contributed by atoms with Crippen molar-refractivity contribution in [3.05, 3.63) is 83.7 Å². The molecule has 0 aliphatic heterocycles. The molecule has 0 saturated heterocycles. The third-order valence-electron chi connectivity index (χ3n) is 4.65. The zero-order valence-corrected chi connectivity index (χ0v) is 18.5. The average Bonchev–Trinajstić information content (AvgIpc) is 2.80. The number of aryl methyl sites for hydroxylation is 1. The summed E-state index contributed by atoms with van der Waals surface area (Å²) in [5.74, 6) is -0.869. The fourth-order valence-corrected chi connectivity index (χ4v) is 3.85. The lowest BCUT2D eigenvalue weighted by molar-refractivity contribution is -0.0258. The Morgan fingerprint density at radius 3 is 2.41 bits per heavy atom. The number of hydrogen-bond donors (Lipinski definition) is 2. The van der Waals surface area contributed by atoms with Crippen LogP contribution in [-0.4, -0.2) is 43.8 Å². The number of amides is 2. The lowest BCUT2D eigenvalue weighted by atomic mass is 10.1. The molecule has 9 nitrogen and oxygen atoms in total. The number of anilines is 2. The number of benzene rings is 2. The van der Waals surface area contributed by atoms with Gasteiger partial charge < -0.3 is 10.6 Å². The Kier molecular flexibility index (Phi) is 6.98. The number of nitrogens with zero attached hydrogens (tertiary/aromatic N) is 2. The molecule has 0 spiro atoms. The molecule has 2 amide bonds. The number of carbonyl (C=O) groups is 2. The predicted molar refractivity (Wildman–Crippen MR) is 120 cm³/mol. The Morgan fingerprint density at radius 1 is 0.969 bits per heavy atom. The number of carbonyl (C=O) groups excluding carboxylic acids is 2. The van der Waals surface area contributed by atoms with Gasteiger partial charge in [-0.3, -0.25) is 19.4 Å². The third kappa shape index (κ3) is 5.17. The first-order chi connectivity index (χ1) is 15.2. The molecule has 0 radical (unpaired) electrons. The number of sulfonamides is 1. The van der Waals surface area contributed by atoms with Gasteiger partial charge in [0.25, 0.3) is 21.8 Å². The fraction of sp³-hybridized carbons (Fsp3) is 0.136. The van der Waals surface area contributed by atoms with Crippen molar-refractivity contribution in [2.75, 3.05) is 24.8 Å². The van der Waals surface area contributed by atoms with Crippen molar-refractivity contribution in [3.8, 4) is 0 Å². The lowest BCUT2D eigenvalue weighted by Crippen LogP contribution is -2.26. The third-order valence-corrected chi connectivity index (χ3v) is 6.32. The molecule has 2 aromatic carbocycles. The second-order valence-corrected chi connectivity index (χ2v) is 8.74. The molecule has 0 aliphatic carbocycles. The minimum atomic E-state index is -3.90. The van der Waals surface area contributed by atoms with Crippen LogP contribution >= 0.6 is 0 Å². The second-order valence-electron chi connectivity index (χ2n) is 6.80. The van der Waals surface area contributed by atoms with E-state index < -0.39 is 15.9 Å².